The topological polar surface area (TPSA) is 70.8 Å². The zero-order valence-electron chi connectivity index (χ0n) is 11.0. The smallest absolute Gasteiger partial charge is 0.550 e. The van der Waals surface area contributed by atoms with E-state index in [1.165, 1.54) is 12.1 Å². The summed E-state index contributed by atoms with van der Waals surface area (Å²) in [6.45, 7) is 0.516. The van der Waals surface area contributed by atoms with Gasteiger partial charge >= 0.3 is 29.6 Å². The molecule has 1 aliphatic heterocycles. The number of rotatable bonds is 2. The van der Waals surface area contributed by atoms with E-state index >= 15 is 0 Å². The minimum absolute atomic E-state index is 0. The van der Waals surface area contributed by atoms with E-state index in [-0.39, 0.29) is 35.4 Å². The molecule has 1 unspecified atom stereocenters. The normalized spacial score (nSPS) is 17.1. The molecule has 1 aliphatic rings. The standard InChI is InChI=1S/C13H12FN3O2.Na/c14-10-3-1-8(2-4-10)12-15-11-7-9(13(18)19)5-6-17(11)16-12;/h1-4,9H,5-7H2,(H,18,19);/q;+1/p-1. The summed E-state index contributed by atoms with van der Waals surface area (Å²) < 4.78 is 14.6. The van der Waals surface area contributed by atoms with Crippen molar-refractivity contribution in [1.82, 2.24) is 14.8 Å². The first-order valence-corrected chi connectivity index (χ1v) is 6.04. The van der Waals surface area contributed by atoms with E-state index in [1.54, 1.807) is 16.8 Å². The molecule has 1 aromatic heterocycles. The molecule has 5 nitrogen and oxygen atoms in total. The van der Waals surface area contributed by atoms with Crippen LogP contribution in [0.15, 0.2) is 24.3 Å². The van der Waals surface area contributed by atoms with Gasteiger partial charge in [-0.05, 0) is 30.7 Å². The van der Waals surface area contributed by atoms with E-state index in [9.17, 15) is 14.3 Å². The van der Waals surface area contributed by atoms with Crippen molar-refractivity contribution in [1.29, 1.82) is 0 Å². The first kappa shape index (κ1) is 15.2. The summed E-state index contributed by atoms with van der Waals surface area (Å²) in [5.41, 5.74) is 0.716. The second kappa shape index (κ2) is 6.03. The molecule has 20 heavy (non-hydrogen) atoms. The van der Waals surface area contributed by atoms with E-state index in [0.717, 1.165) is 0 Å². The fourth-order valence-electron chi connectivity index (χ4n) is 2.23. The molecule has 0 saturated heterocycles. The number of aliphatic carboxylic acids is 1. The fraction of sp³-hybridized carbons (Fsp3) is 0.308. The van der Waals surface area contributed by atoms with Crippen molar-refractivity contribution < 1.29 is 43.8 Å². The van der Waals surface area contributed by atoms with Crippen LogP contribution in [0.2, 0.25) is 0 Å². The number of carboxylic acids is 1. The van der Waals surface area contributed by atoms with Crippen LogP contribution < -0.4 is 34.7 Å². The fourth-order valence-corrected chi connectivity index (χ4v) is 2.23. The van der Waals surface area contributed by atoms with Gasteiger partial charge in [0, 0.05) is 30.4 Å². The monoisotopic (exact) mass is 283 g/mol. The van der Waals surface area contributed by atoms with Crippen molar-refractivity contribution in [3.8, 4) is 11.4 Å². The molecule has 2 heterocycles. The van der Waals surface area contributed by atoms with Gasteiger partial charge in [-0.1, -0.05) is 0 Å². The minimum atomic E-state index is -1.04. The van der Waals surface area contributed by atoms with Crippen LogP contribution in [-0.4, -0.2) is 20.7 Å². The Morgan fingerprint density at radius 2 is 2.05 bits per heavy atom. The Morgan fingerprint density at radius 1 is 1.35 bits per heavy atom. The van der Waals surface area contributed by atoms with Gasteiger partial charge in [0.1, 0.15) is 11.6 Å². The second-order valence-electron chi connectivity index (χ2n) is 4.59. The number of halogens is 1. The van der Waals surface area contributed by atoms with E-state index in [0.29, 0.717) is 36.6 Å². The molecule has 1 aromatic carbocycles. The molecule has 2 aromatic rings. The quantitative estimate of drug-likeness (QED) is 0.567. The Bertz CT molecular complexity index is 627. The summed E-state index contributed by atoms with van der Waals surface area (Å²) in [5, 5.41) is 15.2. The number of aromatic nitrogens is 3. The number of carbonyl (C=O) groups excluding carboxylic acids is 1. The third kappa shape index (κ3) is 2.92. The first-order valence-electron chi connectivity index (χ1n) is 6.04. The number of hydrogen-bond acceptors (Lipinski definition) is 4. The van der Waals surface area contributed by atoms with Gasteiger partial charge in [0.05, 0.1) is 0 Å². The van der Waals surface area contributed by atoms with Crippen LogP contribution in [0, 0.1) is 11.7 Å². The average Bonchev–Trinajstić information content (AvgIpc) is 2.82. The molecule has 3 rings (SSSR count). The van der Waals surface area contributed by atoms with Crippen LogP contribution in [0.4, 0.5) is 4.39 Å². The molecule has 0 radical (unpaired) electrons. The maximum atomic E-state index is 12.9. The first-order chi connectivity index (χ1) is 9.13. The predicted molar refractivity (Wildman–Crippen MR) is 62.2 cm³/mol. The van der Waals surface area contributed by atoms with Gasteiger partial charge < -0.3 is 9.90 Å². The Hall–Kier alpha value is -1.24. The van der Waals surface area contributed by atoms with E-state index in [1.807, 2.05) is 0 Å². The number of benzene rings is 1. The summed E-state index contributed by atoms with van der Waals surface area (Å²) in [6, 6.07) is 5.90. The van der Waals surface area contributed by atoms with E-state index < -0.39 is 11.9 Å². The summed E-state index contributed by atoms with van der Waals surface area (Å²) >= 11 is 0. The number of aryl methyl sites for hydroxylation is 1. The zero-order valence-corrected chi connectivity index (χ0v) is 13.0. The van der Waals surface area contributed by atoms with Crippen molar-refractivity contribution >= 4 is 5.97 Å². The Kier molecular flexibility index (Phi) is 4.57. The van der Waals surface area contributed by atoms with E-state index in [2.05, 4.69) is 10.1 Å². The van der Waals surface area contributed by atoms with Crippen molar-refractivity contribution in [3.63, 3.8) is 0 Å². The SMILES string of the molecule is O=C([O-])C1CCn2nc(-c3ccc(F)cc3)nc2C1.[Na+]. The van der Waals surface area contributed by atoms with Gasteiger partial charge in [0.25, 0.3) is 0 Å². The molecule has 0 aliphatic carbocycles. The van der Waals surface area contributed by atoms with Crippen molar-refractivity contribution in [3.05, 3.63) is 35.9 Å². The largest absolute Gasteiger partial charge is 1.00 e. The van der Waals surface area contributed by atoms with Crippen LogP contribution in [0.1, 0.15) is 12.2 Å². The summed E-state index contributed by atoms with van der Waals surface area (Å²) in [5.74, 6) is -0.728. The molecule has 0 spiro atoms. The molecule has 0 saturated carbocycles. The van der Waals surface area contributed by atoms with Crippen LogP contribution in [0.3, 0.4) is 0 Å². The Morgan fingerprint density at radius 3 is 2.70 bits per heavy atom. The average molecular weight is 283 g/mol. The Balaban J connectivity index is 0.00000147. The van der Waals surface area contributed by atoms with Gasteiger partial charge in [-0.3, -0.25) is 0 Å². The predicted octanol–water partition coefficient (Wildman–Crippen LogP) is -2.60. The van der Waals surface area contributed by atoms with Crippen molar-refractivity contribution in [2.75, 3.05) is 0 Å². The second-order valence-corrected chi connectivity index (χ2v) is 4.59. The summed E-state index contributed by atoms with van der Waals surface area (Å²) in [7, 11) is 0. The van der Waals surface area contributed by atoms with Gasteiger partial charge in [-0.25, -0.2) is 14.1 Å². The molecule has 0 amide bonds. The van der Waals surface area contributed by atoms with Gasteiger partial charge in [0.15, 0.2) is 5.82 Å². The van der Waals surface area contributed by atoms with Gasteiger partial charge in [-0.2, -0.15) is 5.10 Å². The maximum absolute atomic E-state index is 12.9. The number of fused-ring (bicyclic) bond motifs is 1. The number of carbonyl (C=O) groups is 1. The molecule has 1 atom stereocenters. The van der Waals surface area contributed by atoms with Crippen LogP contribution in [-0.2, 0) is 17.8 Å². The molecular weight excluding hydrogens is 272 g/mol. The molecular formula is C13H11FN3NaO2. The zero-order chi connectivity index (χ0) is 13.4. The Labute approximate surface area is 137 Å². The third-order valence-corrected chi connectivity index (χ3v) is 3.30. The van der Waals surface area contributed by atoms with Crippen LogP contribution in [0.25, 0.3) is 11.4 Å². The van der Waals surface area contributed by atoms with Crippen molar-refractivity contribution in [2.45, 2.75) is 19.4 Å². The van der Waals surface area contributed by atoms with Crippen LogP contribution >= 0.6 is 0 Å². The number of nitrogens with zero attached hydrogens (tertiary/aromatic N) is 3. The molecule has 0 bridgehead atoms. The maximum Gasteiger partial charge on any atom is 1.00 e. The molecule has 0 fully saturated rings. The minimum Gasteiger partial charge on any atom is -0.550 e. The van der Waals surface area contributed by atoms with Crippen LogP contribution in [0.5, 0.6) is 0 Å². The summed E-state index contributed by atoms with van der Waals surface area (Å²) in [4.78, 5) is 15.2. The van der Waals surface area contributed by atoms with Crippen molar-refractivity contribution in [2.24, 2.45) is 5.92 Å². The molecule has 98 valence electrons. The number of carboxylic acid groups (broad SMARTS) is 1. The summed E-state index contributed by atoms with van der Waals surface area (Å²) in [6.07, 6.45) is 0.831. The molecule has 7 heteroatoms. The van der Waals surface area contributed by atoms with E-state index in [4.69, 9.17) is 0 Å². The molecule has 0 N–H and O–H groups in total. The van der Waals surface area contributed by atoms with Gasteiger partial charge in [-0.15, -0.1) is 0 Å². The number of hydrogen-bond donors (Lipinski definition) is 0. The third-order valence-electron chi connectivity index (χ3n) is 3.30. The van der Waals surface area contributed by atoms with Gasteiger partial charge in [0.2, 0.25) is 0 Å².